The molecule has 2 N–H and O–H groups in total. The summed E-state index contributed by atoms with van der Waals surface area (Å²) in [5.41, 5.74) is 7.77. The number of carbonyl (C=O) groups is 1. The van der Waals surface area contributed by atoms with Crippen molar-refractivity contribution < 1.29 is 13.9 Å². The van der Waals surface area contributed by atoms with Crippen molar-refractivity contribution in [1.29, 1.82) is 0 Å². The molecule has 2 heterocycles. The van der Waals surface area contributed by atoms with E-state index in [4.69, 9.17) is 14.9 Å². The highest BCUT2D eigenvalue weighted by molar-refractivity contribution is 5.88. The van der Waals surface area contributed by atoms with Gasteiger partial charge in [0.2, 0.25) is 5.91 Å². The molecule has 1 aromatic carbocycles. The lowest BCUT2D eigenvalue weighted by atomic mass is 9.79. The Bertz CT molecular complexity index is 726. The smallest absolute Gasteiger partial charge is 0.227 e. The minimum absolute atomic E-state index is 0. The van der Waals surface area contributed by atoms with Gasteiger partial charge in [0.05, 0.1) is 19.8 Å². The second-order valence-corrected chi connectivity index (χ2v) is 7.00. The number of piperidine rings is 1. The predicted octanol–water partition coefficient (Wildman–Crippen LogP) is 2.99. The van der Waals surface area contributed by atoms with Crippen LogP contribution < -0.4 is 10.5 Å². The van der Waals surface area contributed by atoms with E-state index in [1.807, 2.05) is 23.1 Å². The molecule has 0 radical (unpaired) electrons. The van der Waals surface area contributed by atoms with Crippen molar-refractivity contribution in [1.82, 2.24) is 4.90 Å². The third-order valence-corrected chi connectivity index (χ3v) is 4.87. The average Bonchev–Trinajstić information content (AvgIpc) is 2.92. The van der Waals surface area contributed by atoms with E-state index in [9.17, 15) is 4.79 Å². The fourth-order valence-corrected chi connectivity index (χ4v) is 3.19. The first kappa shape index (κ1) is 18.6. The largest absolute Gasteiger partial charge is 0.497 e. The van der Waals surface area contributed by atoms with Gasteiger partial charge >= 0.3 is 0 Å². The predicted molar refractivity (Wildman–Crippen MR) is 96.7 cm³/mol. The van der Waals surface area contributed by atoms with E-state index >= 15 is 0 Å². The molecular weight excluding hydrogens is 328 g/mol. The van der Waals surface area contributed by atoms with Crippen molar-refractivity contribution in [3.05, 3.63) is 30.0 Å². The monoisotopic (exact) mass is 352 g/mol. The highest BCUT2D eigenvalue weighted by atomic mass is 35.5. The zero-order valence-corrected chi connectivity index (χ0v) is 15.2. The number of carbonyl (C=O) groups excluding carboxylic acids is 1. The molecule has 1 aromatic heterocycles. The third-order valence-electron chi connectivity index (χ3n) is 4.87. The molecule has 132 valence electrons. The summed E-state index contributed by atoms with van der Waals surface area (Å²) < 4.78 is 10.8. The Hall–Kier alpha value is -1.72. The Morgan fingerprint density at radius 2 is 2.21 bits per heavy atom. The molecule has 0 bridgehead atoms. The van der Waals surface area contributed by atoms with Crippen molar-refractivity contribution >= 4 is 29.3 Å². The molecule has 0 aliphatic carbocycles. The highest BCUT2D eigenvalue weighted by Gasteiger charge is 2.35. The molecule has 1 unspecified atom stereocenters. The Balaban J connectivity index is 0.00000208. The van der Waals surface area contributed by atoms with Gasteiger partial charge in [-0.15, -0.1) is 12.4 Å². The lowest BCUT2D eigenvalue weighted by Gasteiger charge is -2.42. The number of furan rings is 1. The Kier molecular flexibility index (Phi) is 5.45. The molecule has 1 aliphatic heterocycles. The minimum atomic E-state index is -0.0419. The SMILES string of the molecule is COc1ccc2c(CC(=O)N3CCC(N)C(C)(C)C3)coc2c1.Cl. The van der Waals surface area contributed by atoms with Crippen LogP contribution in [0.15, 0.2) is 28.9 Å². The number of halogens is 1. The fraction of sp³-hybridized carbons (Fsp3) is 0.500. The summed E-state index contributed by atoms with van der Waals surface area (Å²) in [6.45, 7) is 5.68. The van der Waals surface area contributed by atoms with Crippen LogP contribution in [0, 0.1) is 5.41 Å². The van der Waals surface area contributed by atoms with Gasteiger partial charge in [0.25, 0.3) is 0 Å². The molecule has 1 aliphatic rings. The van der Waals surface area contributed by atoms with E-state index in [-0.39, 0.29) is 29.8 Å². The zero-order valence-electron chi connectivity index (χ0n) is 14.4. The molecule has 1 fully saturated rings. The molecule has 1 atom stereocenters. The van der Waals surface area contributed by atoms with Crippen molar-refractivity contribution in [2.24, 2.45) is 11.1 Å². The topological polar surface area (TPSA) is 68.7 Å². The van der Waals surface area contributed by atoms with E-state index in [1.165, 1.54) is 0 Å². The summed E-state index contributed by atoms with van der Waals surface area (Å²) >= 11 is 0. The number of likely N-dealkylation sites (tertiary alicyclic amines) is 1. The number of methoxy groups -OCH3 is 1. The van der Waals surface area contributed by atoms with Crippen LogP contribution in [0.2, 0.25) is 0 Å². The summed E-state index contributed by atoms with van der Waals surface area (Å²) in [5, 5.41) is 0.965. The zero-order chi connectivity index (χ0) is 16.6. The standard InChI is InChI=1S/C18H24N2O3.ClH/c1-18(2)11-20(7-6-16(18)19)17(21)8-12-10-23-15-9-13(22-3)4-5-14(12)15;/h4-5,9-10,16H,6-8,11,19H2,1-3H3;1H. The molecule has 2 aromatic rings. The number of fused-ring (bicyclic) bond motifs is 1. The maximum Gasteiger partial charge on any atom is 0.227 e. The van der Waals surface area contributed by atoms with Crippen molar-refractivity contribution in [3.8, 4) is 5.75 Å². The van der Waals surface area contributed by atoms with Crippen LogP contribution in [0.4, 0.5) is 0 Å². The van der Waals surface area contributed by atoms with E-state index in [0.29, 0.717) is 13.0 Å². The molecule has 1 amide bonds. The summed E-state index contributed by atoms with van der Waals surface area (Å²) in [6, 6.07) is 5.81. The molecule has 0 spiro atoms. The molecule has 24 heavy (non-hydrogen) atoms. The summed E-state index contributed by atoms with van der Waals surface area (Å²) in [7, 11) is 1.62. The van der Waals surface area contributed by atoms with Gasteiger partial charge in [-0.25, -0.2) is 0 Å². The van der Waals surface area contributed by atoms with Crippen LogP contribution in [0.25, 0.3) is 11.0 Å². The lowest BCUT2D eigenvalue weighted by Crippen LogP contribution is -2.54. The Labute approximate surface area is 148 Å². The van der Waals surface area contributed by atoms with Gasteiger partial charge in [0.15, 0.2) is 0 Å². The van der Waals surface area contributed by atoms with Crippen LogP contribution in [-0.4, -0.2) is 37.0 Å². The minimum Gasteiger partial charge on any atom is -0.497 e. The number of rotatable bonds is 3. The first-order valence-electron chi connectivity index (χ1n) is 7.98. The van der Waals surface area contributed by atoms with Gasteiger partial charge in [-0.3, -0.25) is 4.79 Å². The molecule has 0 saturated carbocycles. The van der Waals surface area contributed by atoms with Gasteiger partial charge < -0.3 is 19.8 Å². The first-order chi connectivity index (χ1) is 10.9. The number of hydrogen-bond acceptors (Lipinski definition) is 4. The molecule has 1 saturated heterocycles. The van der Waals surface area contributed by atoms with Crippen LogP contribution >= 0.6 is 12.4 Å². The third kappa shape index (κ3) is 3.52. The summed E-state index contributed by atoms with van der Waals surface area (Å²) in [4.78, 5) is 14.6. The van der Waals surface area contributed by atoms with Gasteiger partial charge in [-0.1, -0.05) is 13.8 Å². The summed E-state index contributed by atoms with van der Waals surface area (Å²) in [6.07, 6.45) is 2.87. The number of amides is 1. The lowest BCUT2D eigenvalue weighted by molar-refractivity contribution is -0.133. The first-order valence-corrected chi connectivity index (χ1v) is 7.98. The second kappa shape index (κ2) is 7.03. The fourth-order valence-electron chi connectivity index (χ4n) is 3.19. The Morgan fingerprint density at radius 3 is 2.88 bits per heavy atom. The van der Waals surface area contributed by atoms with Gasteiger partial charge in [-0.05, 0) is 24.0 Å². The van der Waals surface area contributed by atoms with Crippen LogP contribution in [0.1, 0.15) is 25.8 Å². The number of benzene rings is 1. The Morgan fingerprint density at radius 1 is 1.46 bits per heavy atom. The van der Waals surface area contributed by atoms with E-state index < -0.39 is 0 Å². The molecular formula is C18H25ClN2O3. The maximum atomic E-state index is 12.6. The number of nitrogens with zero attached hydrogens (tertiary/aromatic N) is 1. The van der Waals surface area contributed by atoms with Crippen molar-refractivity contribution in [2.75, 3.05) is 20.2 Å². The number of nitrogens with two attached hydrogens (primary N) is 1. The van der Waals surface area contributed by atoms with Crippen molar-refractivity contribution in [2.45, 2.75) is 32.7 Å². The normalized spacial score (nSPS) is 19.8. The number of hydrogen-bond donors (Lipinski definition) is 1. The average molecular weight is 353 g/mol. The van der Waals surface area contributed by atoms with Gasteiger partial charge in [0, 0.05) is 36.1 Å². The molecule has 3 rings (SSSR count). The van der Waals surface area contributed by atoms with E-state index in [0.717, 1.165) is 35.2 Å². The van der Waals surface area contributed by atoms with Gasteiger partial charge in [-0.2, -0.15) is 0 Å². The van der Waals surface area contributed by atoms with Gasteiger partial charge in [0.1, 0.15) is 11.3 Å². The summed E-state index contributed by atoms with van der Waals surface area (Å²) in [5.74, 6) is 0.875. The molecule has 5 nitrogen and oxygen atoms in total. The quantitative estimate of drug-likeness (QED) is 0.922. The van der Waals surface area contributed by atoms with Crippen molar-refractivity contribution in [3.63, 3.8) is 0 Å². The van der Waals surface area contributed by atoms with E-state index in [2.05, 4.69) is 13.8 Å². The van der Waals surface area contributed by atoms with Crippen LogP contribution in [-0.2, 0) is 11.2 Å². The van der Waals surface area contributed by atoms with Crippen LogP contribution in [0.5, 0.6) is 5.75 Å². The van der Waals surface area contributed by atoms with Crippen LogP contribution in [0.3, 0.4) is 0 Å². The maximum absolute atomic E-state index is 12.6. The molecule has 6 heteroatoms. The van der Waals surface area contributed by atoms with E-state index in [1.54, 1.807) is 13.4 Å². The second-order valence-electron chi connectivity index (χ2n) is 7.00. The number of ether oxygens (including phenoxy) is 1. The highest BCUT2D eigenvalue weighted by Crippen LogP contribution is 2.29.